The third kappa shape index (κ3) is 3.42. The van der Waals surface area contributed by atoms with Crippen LogP contribution in [-0.2, 0) is 24.1 Å². The van der Waals surface area contributed by atoms with Crippen molar-refractivity contribution in [3.63, 3.8) is 0 Å². The first-order valence-corrected chi connectivity index (χ1v) is 8.71. The number of rotatable bonds is 5. The third-order valence-electron chi connectivity index (χ3n) is 4.37. The van der Waals surface area contributed by atoms with Gasteiger partial charge in [-0.1, -0.05) is 0 Å². The largest absolute Gasteiger partial charge is 0.374 e. The van der Waals surface area contributed by atoms with Crippen LogP contribution in [0, 0.1) is 0 Å². The van der Waals surface area contributed by atoms with Crippen molar-refractivity contribution in [3.8, 4) is 0 Å². The van der Waals surface area contributed by atoms with Crippen LogP contribution in [0.15, 0.2) is 6.07 Å². The van der Waals surface area contributed by atoms with Crippen molar-refractivity contribution in [2.75, 3.05) is 26.2 Å². The van der Waals surface area contributed by atoms with Crippen LogP contribution >= 0.6 is 11.3 Å². The summed E-state index contributed by atoms with van der Waals surface area (Å²) in [7, 11) is 0. The number of hydrogen-bond donors (Lipinski definition) is 1. The number of ether oxygens (including phenoxy) is 1. The molecule has 1 saturated heterocycles. The Morgan fingerprint density at radius 2 is 2.35 bits per heavy atom. The van der Waals surface area contributed by atoms with Gasteiger partial charge in [-0.25, -0.2) is 0 Å². The van der Waals surface area contributed by atoms with E-state index in [1.807, 2.05) is 11.3 Å². The summed E-state index contributed by atoms with van der Waals surface area (Å²) < 4.78 is 5.86. The summed E-state index contributed by atoms with van der Waals surface area (Å²) in [6.45, 7) is 9.51. The minimum atomic E-state index is 0.345. The summed E-state index contributed by atoms with van der Waals surface area (Å²) in [6, 6.07) is 3.03. The highest BCUT2D eigenvalue weighted by molar-refractivity contribution is 7.12. The summed E-state index contributed by atoms with van der Waals surface area (Å²) in [4.78, 5) is 5.63. The molecule has 2 aliphatic rings. The Bertz CT molecular complexity index is 422. The van der Waals surface area contributed by atoms with Gasteiger partial charge in [0.05, 0.1) is 12.7 Å². The van der Waals surface area contributed by atoms with Crippen molar-refractivity contribution in [1.29, 1.82) is 0 Å². The standard InChI is InChI=1S/C16H26N2OS/c1-12(2)18-6-7-19-14(11-18)9-17-10-15-8-13-4-3-5-16(13)20-15/h8,12,14,17H,3-7,9-11H2,1-2H3. The SMILES string of the molecule is CC(C)N1CCOC(CNCc2cc3c(s2)CCC3)C1. The van der Waals surface area contributed by atoms with Crippen LogP contribution in [0.1, 0.15) is 35.6 Å². The molecule has 1 aliphatic heterocycles. The number of nitrogens with zero attached hydrogens (tertiary/aromatic N) is 1. The van der Waals surface area contributed by atoms with Crippen LogP contribution < -0.4 is 5.32 Å². The molecule has 3 nitrogen and oxygen atoms in total. The van der Waals surface area contributed by atoms with E-state index in [1.165, 1.54) is 24.1 Å². The molecular weight excluding hydrogens is 268 g/mol. The van der Waals surface area contributed by atoms with Crippen LogP contribution in [0.5, 0.6) is 0 Å². The zero-order chi connectivity index (χ0) is 13.9. The highest BCUT2D eigenvalue weighted by atomic mass is 32.1. The normalized spacial score (nSPS) is 23.4. The lowest BCUT2D eigenvalue weighted by atomic mass is 10.2. The second kappa shape index (κ2) is 6.56. The van der Waals surface area contributed by atoms with E-state index in [1.54, 1.807) is 10.4 Å². The topological polar surface area (TPSA) is 24.5 Å². The van der Waals surface area contributed by atoms with Crippen LogP contribution in [0.4, 0.5) is 0 Å². The van der Waals surface area contributed by atoms with Gasteiger partial charge < -0.3 is 10.1 Å². The second-order valence-corrected chi connectivity index (χ2v) is 7.45. The zero-order valence-electron chi connectivity index (χ0n) is 12.7. The minimum Gasteiger partial charge on any atom is -0.374 e. The van der Waals surface area contributed by atoms with E-state index in [0.29, 0.717) is 12.1 Å². The van der Waals surface area contributed by atoms with Crippen molar-refractivity contribution in [2.45, 2.75) is 51.8 Å². The number of aryl methyl sites for hydroxylation is 2. The maximum atomic E-state index is 5.86. The van der Waals surface area contributed by atoms with Gasteiger partial charge in [0.1, 0.15) is 0 Å². The highest BCUT2D eigenvalue weighted by Crippen LogP contribution is 2.30. The van der Waals surface area contributed by atoms with E-state index < -0.39 is 0 Å². The van der Waals surface area contributed by atoms with Crippen LogP contribution in [0.25, 0.3) is 0 Å². The molecule has 0 spiro atoms. The molecule has 4 heteroatoms. The fourth-order valence-electron chi connectivity index (χ4n) is 3.17. The van der Waals surface area contributed by atoms with Gasteiger partial charge in [-0.05, 0) is 44.7 Å². The molecule has 3 rings (SSSR count). The van der Waals surface area contributed by atoms with Gasteiger partial charge in [0, 0.05) is 42.0 Å². The Kier molecular flexibility index (Phi) is 4.76. The van der Waals surface area contributed by atoms with Gasteiger partial charge >= 0.3 is 0 Å². The Labute approximate surface area is 126 Å². The van der Waals surface area contributed by atoms with E-state index in [0.717, 1.165) is 32.8 Å². The van der Waals surface area contributed by atoms with Crippen molar-refractivity contribution < 1.29 is 4.74 Å². The number of thiophene rings is 1. The average Bonchev–Trinajstić information content (AvgIpc) is 3.00. The lowest BCUT2D eigenvalue weighted by Crippen LogP contribution is -2.48. The average molecular weight is 294 g/mol. The number of morpholine rings is 1. The fraction of sp³-hybridized carbons (Fsp3) is 0.750. The van der Waals surface area contributed by atoms with Gasteiger partial charge in [-0.3, -0.25) is 4.90 Å². The summed E-state index contributed by atoms with van der Waals surface area (Å²) in [5, 5.41) is 3.58. The van der Waals surface area contributed by atoms with Gasteiger partial charge in [0.15, 0.2) is 0 Å². The van der Waals surface area contributed by atoms with Gasteiger partial charge in [0.25, 0.3) is 0 Å². The predicted molar refractivity (Wildman–Crippen MR) is 84.5 cm³/mol. The van der Waals surface area contributed by atoms with Crippen molar-refractivity contribution in [2.24, 2.45) is 0 Å². The second-order valence-electron chi connectivity index (χ2n) is 6.23. The van der Waals surface area contributed by atoms with E-state index in [9.17, 15) is 0 Å². The molecule has 1 aliphatic carbocycles. The first-order valence-electron chi connectivity index (χ1n) is 7.89. The maximum Gasteiger partial charge on any atom is 0.0826 e. The Morgan fingerprint density at radius 1 is 1.45 bits per heavy atom. The molecule has 0 radical (unpaired) electrons. The first kappa shape index (κ1) is 14.5. The number of fused-ring (bicyclic) bond motifs is 1. The quantitative estimate of drug-likeness (QED) is 0.903. The molecule has 1 fully saturated rings. The van der Waals surface area contributed by atoms with Crippen LogP contribution in [0.2, 0.25) is 0 Å². The third-order valence-corrected chi connectivity index (χ3v) is 5.61. The van der Waals surface area contributed by atoms with Crippen molar-refractivity contribution in [1.82, 2.24) is 10.2 Å². The Morgan fingerprint density at radius 3 is 3.15 bits per heavy atom. The molecular formula is C16H26N2OS. The van der Waals surface area contributed by atoms with Crippen molar-refractivity contribution in [3.05, 3.63) is 21.4 Å². The molecule has 0 saturated carbocycles. The van der Waals surface area contributed by atoms with Gasteiger partial charge in [-0.2, -0.15) is 0 Å². The summed E-state index contributed by atoms with van der Waals surface area (Å²) in [5.41, 5.74) is 1.60. The maximum absolute atomic E-state index is 5.86. The lowest BCUT2D eigenvalue weighted by molar-refractivity contribution is -0.0372. The summed E-state index contributed by atoms with van der Waals surface area (Å²) in [6.07, 6.45) is 4.30. The van der Waals surface area contributed by atoms with E-state index in [4.69, 9.17) is 4.74 Å². The summed E-state index contributed by atoms with van der Waals surface area (Å²) in [5.74, 6) is 0. The smallest absolute Gasteiger partial charge is 0.0826 e. The monoisotopic (exact) mass is 294 g/mol. The highest BCUT2D eigenvalue weighted by Gasteiger charge is 2.22. The molecule has 1 atom stereocenters. The van der Waals surface area contributed by atoms with E-state index in [2.05, 4.69) is 30.1 Å². The number of hydrogen-bond acceptors (Lipinski definition) is 4. The predicted octanol–water partition coefficient (Wildman–Crippen LogP) is 2.44. The number of nitrogens with one attached hydrogen (secondary N) is 1. The van der Waals surface area contributed by atoms with E-state index in [-0.39, 0.29) is 0 Å². The Hall–Kier alpha value is -0.420. The van der Waals surface area contributed by atoms with E-state index >= 15 is 0 Å². The molecule has 20 heavy (non-hydrogen) atoms. The van der Waals surface area contributed by atoms with Gasteiger partial charge in [-0.15, -0.1) is 11.3 Å². The first-order chi connectivity index (χ1) is 9.72. The van der Waals surface area contributed by atoms with Crippen LogP contribution in [-0.4, -0.2) is 43.3 Å². The molecule has 0 bridgehead atoms. The fourth-order valence-corrected chi connectivity index (χ4v) is 4.40. The molecule has 1 aromatic rings. The molecule has 1 N–H and O–H groups in total. The van der Waals surface area contributed by atoms with Gasteiger partial charge in [0.2, 0.25) is 0 Å². The molecule has 1 unspecified atom stereocenters. The lowest BCUT2D eigenvalue weighted by Gasteiger charge is -2.35. The molecule has 0 amide bonds. The summed E-state index contributed by atoms with van der Waals surface area (Å²) >= 11 is 2.00. The Balaban J connectivity index is 1.43. The van der Waals surface area contributed by atoms with Crippen molar-refractivity contribution >= 4 is 11.3 Å². The minimum absolute atomic E-state index is 0.345. The molecule has 1 aromatic heterocycles. The van der Waals surface area contributed by atoms with Crippen LogP contribution in [0.3, 0.4) is 0 Å². The molecule has 2 heterocycles. The molecule has 0 aromatic carbocycles. The molecule has 112 valence electrons. The zero-order valence-corrected chi connectivity index (χ0v) is 13.5.